The van der Waals surface area contributed by atoms with Crippen molar-refractivity contribution in [2.45, 2.75) is 84.2 Å². The van der Waals surface area contributed by atoms with Gasteiger partial charge in [-0.05, 0) is 81.6 Å². The SMILES string of the molecule is CC(=O)OC[C@]12CCC(=NOC3CCNC3)C[C@@H]1CCC1C2CC[C@]2(C)C(=O)CCC12. The molecule has 5 rings (SSSR count). The number of Topliss-reactive ketones (excluding diaryl/α,β-unsaturated/α-hetero) is 1. The lowest BCUT2D eigenvalue weighted by Gasteiger charge is -2.60. The van der Waals surface area contributed by atoms with E-state index in [9.17, 15) is 9.59 Å². The minimum absolute atomic E-state index is 0.0372. The third kappa shape index (κ3) is 3.63. The summed E-state index contributed by atoms with van der Waals surface area (Å²) in [7, 11) is 0. The van der Waals surface area contributed by atoms with E-state index in [1.54, 1.807) is 0 Å². The second-order valence-electron chi connectivity index (χ2n) is 11.2. The zero-order valence-corrected chi connectivity index (χ0v) is 19.2. The average molecular weight is 431 g/mol. The minimum Gasteiger partial charge on any atom is -0.465 e. The molecule has 5 aliphatic rings. The zero-order valence-electron chi connectivity index (χ0n) is 19.2. The molecule has 1 heterocycles. The highest BCUT2D eigenvalue weighted by molar-refractivity contribution is 5.87. The molecule has 0 spiro atoms. The van der Waals surface area contributed by atoms with Crippen molar-refractivity contribution in [3.05, 3.63) is 0 Å². The summed E-state index contributed by atoms with van der Waals surface area (Å²) in [5, 5.41) is 7.91. The molecule has 0 radical (unpaired) electrons. The van der Waals surface area contributed by atoms with E-state index in [2.05, 4.69) is 17.4 Å². The summed E-state index contributed by atoms with van der Waals surface area (Å²) in [6.45, 7) is 6.19. The molecule has 1 N–H and O–H groups in total. The van der Waals surface area contributed by atoms with Crippen LogP contribution in [-0.2, 0) is 19.2 Å². The van der Waals surface area contributed by atoms with E-state index >= 15 is 0 Å². The van der Waals surface area contributed by atoms with Gasteiger partial charge in [0.15, 0.2) is 0 Å². The number of oxime groups is 1. The van der Waals surface area contributed by atoms with Crippen molar-refractivity contribution in [3.8, 4) is 0 Å². The topological polar surface area (TPSA) is 77.0 Å². The van der Waals surface area contributed by atoms with Crippen molar-refractivity contribution in [1.29, 1.82) is 0 Å². The molecule has 31 heavy (non-hydrogen) atoms. The molecule has 0 aromatic heterocycles. The van der Waals surface area contributed by atoms with Gasteiger partial charge in [-0.25, -0.2) is 0 Å². The van der Waals surface area contributed by atoms with E-state index < -0.39 is 0 Å². The Kier molecular flexibility index (Phi) is 5.64. The minimum atomic E-state index is -0.177. The summed E-state index contributed by atoms with van der Waals surface area (Å²) >= 11 is 0. The molecule has 1 saturated heterocycles. The summed E-state index contributed by atoms with van der Waals surface area (Å²) in [6, 6.07) is 0. The molecule has 172 valence electrons. The van der Waals surface area contributed by atoms with E-state index in [0.29, 0.717) is 36.1 Å². The lowest BCUT2D eigenvalue weighted by Crippen LogP contribution is -2.56. The van der Waals surface area contributed by atoms with Gasteiger partial charge in [-0.1, -0.05) is 12.1 Å². The van der Waals surface area contributed by atoms with Gasteiger partial charge < -0.3 is 14.9 Å². The van der Waals surface area contributed by atoms with Crippen LogP contribution in [0.2, 0.25) is 0 Å². The van der Waals surface area contributed by atoms with Crippen molar-refractivity contribution in [2.24, 2.45) is 39.7 Å². The Bertz CT molecular complexity index is 761. The second kappa shape index (κ2) is 8.17. The Morgan fingerprint density at radius 2 is 2.00 bits per heavy atom. The van der Waals surface area contributed by atoms with Crippen LogP contribution in [0, 0.1) is 34.5 Å². The van der Waals surface area contributed by atoms with Gasteiger partial charge in [-0.15, -0.1) is 0 Å². The number of fused-ring (bicyclic) bond motifs is 5. The number of hydrogen-bond donors (Lipinski definition) is 1. The van der Waals surface area contributed by atoms with E-state index in [1.807, 2.05) is 0 Å². The van der Waals surface area contributed by atoms with Crippen molar-refractivity contribution in [2.75, 3.05) is 19.7 Å². The Balaban J connectivity index is 1.37. The highest BCUT2D eigenvalue weighted by Crippen LogP contribution is 2.65. The second-order valence-corrected chi connectivity index (χ2v) is 11.2. The van der Waals surface area contributed by atoms with Crippen molar-refractivity contribution in [3.63, 3.8) is 0 Å². The van der Waals surface area contributed by atoms with Gasteiger partial charge in [0, 0.05) is 37.1 Å². The first kappa shape index (κ1) is 21.4. The maximum atomic E-state index is 12.7. The molecule has 0 aromatic rings. The third-order valence-electron chi connectivity index (χ3n) is 9.80. The molecule has 0 amide bonds. The van der Waals surface area contributed by atoms with Gasteiger partial charge in [0.25, 0.3) is 0 Å². The van der Waals surface area contributed by atoms with Crippen LogP contribution in [0.1, 0.15) is 78.1 Å². The number of nitrogens with one attached hydrogen (secondary N) is 1. The van der Waals surface area contributed by atoms with Gasteiger partial charge in [0.2, 0.25) is 0 Å². The number of esters is 1. The van der Waals surface area contributed by atoms with Crippen molar-refractivity contribution >= 4 is 17.5 Å². The molecule has 0 aromatic carbocycles. The summed E-state index contributed by atoms with van der Waals surface area (Å²) in [5.41, 5.74) is 1.11. The molecule has 6 heteroatoms. The first-order valence-corrected chi connectivity index (χ1v) is 12.5. The monoisotopic (exact) mass is 430 g/mol. The van der Waals surface area contributed by atoms with E-state index in [0.717, 1.165) is 70.9 Å². The van der Waals surface area contributed by atoms with Gasteiger partial charge in [0.05, 0.1) is 12.3 Å². The van der Waals surface area contributed by atoms with Gasteiger partial charge in [-0.3, -0.25) is 9.59 Å². The van der Waals surface area contributed by atoms with E-state index in [4.69, 9.17) is 9.57 Å². The third-order valence-corrected chi connectivity index (χ3v) is 9.80. The predicted octanol–water partition coefficient (Wildman–Crippen LogP) is 3.88. The molecule has 7 atom stereocenters. The van der Waals surface area contributed by atoms with Crippen LogP contribution in [0.3, 0.4) is 0 Å². The number of carbonyl (C=O) groups excluding carboxylic acids is 2. The Morgan fingerprint density at radius 1 is 1.13 bits per heavy atom. The molecular weight excluding hydrogens is 392 g/mol. The van der Waals surface area contributed by atoms with Gasteiger partial charge in [0.1, 0.15) is 11.9 Å². The van der Waals surface area contributed by atoms with Crippen LogP contribution < -0.4 is 5.32 Å². The maximum absolute atomic E-state index is 12.7. The highest BCUT2D eigenvalue weighted by atomic mass is 16.6. The molecule has 4 unspecified atom stereocenters. The van der Waals surface area contributed by atoms with E-state index in [1.165, 1.54) is 19.1 Å². The van der Waals surface area contributed by atoms with Crippen molar-refractivity contribution < 1.29 is 19.2 Å². The Hall–Kier alpha value is -1.43. The lowest BCUT2D eigenvalue weighted by atomic mass is 9.45. The first-order valence-electron chi connectivity index (χ1n) is 12.5. The maximum Gasteiger partial charge on any atom is 0.302 e. The van der Waals surface area contributed by atoms with Gasteiger partial charge >= 0.3 is 5.97 Å². The zero-order chi connectivity index (χ0) is 21.6. The summed E-state index contributed by atoms with van der Waals surface area (Å²) < 4.78 is 5.74. The number of ketones is 1. The first-order chi connectivity index (χ1) is 14.9. The van der Waals surface area contributed by atoms with Crippen LogP contribution in [0.4, 0.5) is 0 Å². The molecular formula is C25H38N2O4. The fourth-order valence-electron chi connectivity index (χ4n) is 8.10. The number of hydrogen-bond acceptors (Lipinski definition) is 6. The summed E-state index contributed by atoms with van der Waals surface area (Å²) in [5.74, 6) is 2.47. The van der Waals surface area contributed by atoms with E-state index in [-0.39, 0.29) is 22.9 Å². The van der Waals surface area contributed by atoms with Crippen molar-refractivity contribution in [1.82, 2.24) is 5.32 Å². The molecule has 4 saturated carbocycles. The number of ether oxygens (including phenoxy) is 1. The molecule has 1 aliphatic heterocycles. The van der Waals surface area contributed by atoms with Crippen LogP contribution >= 0.6 is 0 Å². The summed E-state index contributed by atoms with van der Waals surface area (Å²) in [4.78, 5) is 30.3. The Labute approximate surface area is 185 Å². The number of rotatable bonds is 4. The molecule has 0 bridgehead atoms. The smallest absolute Gasteiger partial charge is 0.302 e. The Morgan fingerprint density at radius 3 is 2.77 bits per heavy atom. The summed E-state index contributed by atoms with van der Waals surface area (Å²) in [6.07, 6.45) is 10.4. The predicted molar refractivity (Wildman–Crippen MR) is 117 cm³/mol. The van der Waals surface area contributed by atoms with Gasteiger partial charge in [-0.2, -0.15) is 0 Å². The molecule has 6 nitrogen and oxygen atoms in total. The molecule has 5 fully saturated rings. The number of carbonyl (C=O) groups is 2. The van der Waals surface area contributed by atoms with Crippen LogP contribution in [-0.4, -0.2) is 43.3 Å². The normalized spacial score (nSPS) is 45.7. The lowest BCUT2D eigenvalue weighted by molar-refractivity contribution is -0.163. The van der Waals surface area contributed by atoms with Crippen LogP contribution in [0.15, 0.2) is 5.16 Å². The standard InChI is InChI=1S/C25H38N2O4/c1-16(28)30-15-25-11-7-18(27-31-19-9-12-26-14-19)13-17(25)3-4-20-21-5-6-23(29)24(21,2)10-8-22(20)25/h17,19-22,26H,3-15H2,1-2H3/t17-,19?,20?,21?,22?,24-,25+/m0/s1. The molecule has 4 aliphatic carbocycles. The van der Waals surface area contributed by atoms with Crippen LogP contribution in [0.5, 0.6) is 0 Å². The number of nitrogens with zero attached hydrogens (tertiary/aromatic N) is 1. The average Bonchev–Trinajstić information content (AvgIpc) is 3.38. The van der Waals surface area contributed by atoms with Crippen LogP contribution in [0.25, 0.3) is 0 Å². The quantitative estimate of drug-likeness (QED) is 0.541. The fraction of sp³-hybridized carbons (Fsp3) is 0.880. The fourth-order valence-corrected chi connectivity index (χ4v) is 8.10. The highest BCUT2D eigenvalue weighted by Gasteiger charge is 2.61. The largest absolute Gasteiger partial charge is 0.465 e.